The lowest BCUT2D eigenvalue weighted by Gasteiger charge is -2.68. The van der Waals surface area contributed by atoms with E-state index in [9.17, 15) is 15.0 Å². The molecule has 0 spiro atoms. The monoisotopic (exact) mass is 621 g/mol. The number of nitrogens with one attached hydrogen (secondary N) is 2. The van der Waals surface area contributed by atoms with Crippen LogP contribution in [0.25, 0.3) is 10.9 Å². The zero-order valence-corrected chi connectivity index (χ0v) is 27.9. The molecular weight excluding hydrogens is 570 g/mol. The third kappa shape index (κ3) is 4.84. The summed E-state index contributed by atoms with van der Waals surface area (Å²) in [4.78, 5) is 21.5. The quantitative estimate of drug-likeness (QED) is 0.300. The van der Waals surface area contributed by atoms with E-state index in [-0.39, 0.29) is 43.3 Å². The summed E-state index contributed by atoms with van der Waals surface area (Å²) in [6.07, 6.45) is 3.91. The van der Waals surface area contributed by atoms with Gasteiger partial charge in [-0.05, 0) is 83.9 Å². The molecule has 1 aromatic carbocycles. The number of aliphatic hydroxyl groups excluding tert-OH is 1. The van der Waals surface area contributed by atoms with Crippen molar-refractivity contribution >= 4 is 22.5 Å². The number of rotatable bonds is 9. The van der Waals surface area contributed by atoms with Gasteiger partial charge in [0, 0.05) is 58.6 Å². The Kier molecular flexibility index (Phi) is 8.35. The summed E-state index contributed by atoms with van der Waals surface area (Å²) in [6, 6.07) is 8.42. The number of amides is 1. The Balaban J connectivity index is 1.54. The molecule has 0 bridgehead atoms. The van der Waals surface area contributed by atoms with Crippen LogP contribution >= 0.6 is 0 Å². The molecule has 2 fully saturated rings. The zero-order valence-electron chi connectivity index (χ0n) is 27.9. The van der Waals surface area contributed by atoms with E-state index in [4.69, 9.17) is 19.2 Å². The van der Waals surface area contributed by atoms with Gasteiger partial charge < -0.3 is 34.7 Å². The first-order valence-electron chi connectivity index (χ1n) is 16.8. The lowest BCUT2D eigenvalue weighted by atomic mass is 9.41. The number of aliphatic hydroxyl groups is 2. The fraction of sp³-hybridized carbons (Fsp3) is 0.667. The molecule has 3 aliphatic carbocycles. The molecule has 9 nitrogen and oxygen atoms in total. The number of aromatic amines is 1. The molecule has 9 heteroatoms. The van der Waals surface area contributed by atoms with Crippen molar-refractivity contribution in [1.82, 2.24) is 10.3 Å². The van der Waals surface area contributed by atoms with E-state index in [0.29, 0.717) is 43.5 Å². The first kappa shape index (κ1) is 32.4. The van der Waals surface area contributed by atoms with Crippen molar-refractivity contribution in [3.63, 3.8) is 0 Å². The van der Waals surface area contributed by atoms with Gasteiger partial charge in [-0.15, -0.1) is 0 Å². The predicted octanol–water partition coefficient (Wildman–Crippen LogP) is 4.73. The van der Waals surface area contributed by atoms with Crippen molar-refractivity contribution in [1.29, 1.82) is 0 Å². The molecule has 1 amide bonds. The highest BCUT2D eigenvalue weighted by atomic mass is 16.7. The number of carbonyl (C=O) groups is 1. The summed E-state index contributed by atoms with van der Waals surface area (Å²) in [5.41, 5.74) is 2.23. The molecule has 6 rings (SSSR count). The number of hydrogen-bond acceptors (Lipinski definition) is 7. The van der Waals surface area contributed by atoms with E-state index in [1.54, 1.807) is 0 Å². The summed E-state index contributed by atoms with van der Waals surface area (Å²) in [5, 5.41) is 27.3. The number of aliphatic imine (C=N–C) groups is 1. The Labute approximate surface area is 266 Å². The minimum atomic E-state index is -1.56. The molecule has 246 valence electrons. The number of nitrogens with zero attached hydrogens (tertiary/aromatic N) is 1. The van der Waals surface area contributed by atoms with Crippen LogP contribution in [-0.4, -0.2) is 82.3 Å². The van der Waals surface area contributed by atoms with Crippen LogP contribution in [0.15, 0.2) is 40.9 Å². The summed E-state index contributed by atoms with van der Waals surface area (Å²) >= 11 is 0. The highest BCUT2D eigenvalue weighted by Crippen LogP contribution is 2.71. The average Bonchev–Trinajstić information content (AvgIpc) is 3.48. The average molecular weight is 622 g/mol. The van der Waals surface area contributed by atoms with E-state index in [2.05, 4.69) is 48.4 Å². The second-order valence-electron chi connectivity index (χ2n) is 14.6. The number of hydrogen-bond donors (Lipinski definition) is 4. The van der Waals surface area contributed by atoms with Crippen LogP contribution in [-0.2, 0) is 30.8 Å². The van der Waals surface area contributed by atoms with Crippen LogP contribution in [0.2, 0.25) is 0 Å². The van der Waals surface area contributed by atoms with Crippen molar-refractivity contribution < 1.29 is 29.2 Å². The van der Waals surface area contributed by atoms with Gasteiger partial charge in [-0.1, -0.05) is 32.0 Å². The van der Waals surface area contributed by atoms with E-state index in [1.807, 2.05) is 40.7 Å². The smallest absolute Gasteiger partial charge is 0.246 e. The van der Waals surface area contributed by atoms with Crippen molar-refractivity contribution in [2.45, 2.75) is 122 Å². The van der Waals surface area contributed by atoms with Crippen molar-refractivity contribution in [2.24, 2.45) is 16.3 Å². The van der Waals surface area contributed by atoms with Crippen molar-refractivity contribution in [3.8, 4) is 0 Å². The van der Waals surface area contributed by atoms with Crippen LogP contribution in [0.3, 0.4) is 0 Å². The fourth-order valence-corrected chi connectivity index (χ4v) is 9.16. The minimum absolute atomic E-state index is 0.0207. The summed E-state index contributed by atoms with van der Waals surface area (Å²) < 4.78 is 20.0. The predicted molar refractivity (Wildman–Crippen MR) is 174 cm³/mol. The maximum Gasteiger partial charge on any atom is 0.246 e. The molecule has 45 heavy (non-hydrogen) atoms. The van der Waals surface area contributed by atoms with Crippen molar-refractivity contribution in [3.05, 3.63) is 47.2 Å². The molecule has 2 heterocycles. The van der Waals surface area contributed by atoms with Crippen LogP contribution in [0.5, 0.6) is 0 Å². The lowest BCUT2D eigenvalue weighted by Crippen LogP contribution is -2.75. The largest absolute Gasteiger partial charge is 0.396 e. The number of ether oxygens (including phenoxy) is 3. The second-order valence-corrected chi connectivity index (χ2v) is 14.6. The Hall–Kier alpha value is -2.56. The third-order valence-electron chi connectivity index (χ3n) is 11.3. The topological polar surface area (TPSA) is 125 Å². The Morgan fingerprint density at radius 3 is 2.67 bits per heavy atom. The molecule has 0 saturated heterocycles. The normalized spacial score (nSPS) is 36.6. The van der Waals surface area contributed by atoms with Crippen LogP contribution < -0.4 is 5.32 Å². The first-order chi connectivity index (χ1) is 21.3. The maximum atomic E-state index is 13.7. The third-order valence-corrected chi connectivity index (χ3v) is 11.3. The molecule has 1 aromatic heterocycles. The molecule has 3 unspecified atom stereocenters. The molecule has 0 radical (unpaired) electrons. The molecule has 2 saturated carbocycles. The van der Waals surface area contributed by atoms with Gasteiger partial charge >= 0.3 is 0 Å². The molecular formula is C36H51N3O6. The number of fused-ring (bicyclic) bond motifs is 9. The Morgan fingerprint density at radius 1 is 1.20 bits per heavy atom. The number of aromatic nitrogens is 1. The zero-order chi connectivity index (χ0) is 32.4. The van der Waals surface area contributed by atoms with Crippen LogP contribution in [0, 0.1) is 11.3 Å². The minimum Gasteiger partial charge on any atom is -0.396 e. The second kappa shape index (κ2) is 11.6. The Morgan fingerprint density at radius 2 is 1.96 bits per heavy atom. The van der Waals surface area contributed by atoms with E-state index in [0.717, 1.165) is 11.9 Å². The van der Waals surface area contributed by atoms with E-state index >= 15 is 0 Å². The van der Waals surface area contributed by atoms with Gasteiger partial charge in [-0.2, -0.15) is 0 Å². The van der Waals surface area contributed by atoms with E-state index in [1.165, 1.54) is 16.6 Å². The van der Waals surface area contributed by atoms with E-state index < -0.39 is 28.3 Å². The molecule has 2 aromatic rings. The fourth-order valence-electron chi connectivity index (χ4n) is 9.16. The lowest BCUT2D eigenvalue weighted by molar-refractivity contribution is -0.311. The summed E-state index contributed by atoms with van der Waals surface area (Å²) in [6.45, 7) is 14.6. The summed E-state index contributed by atoms with van der Waals surface area (Å²) in [7, 11) is 0. The van der Waals surface area contributed by atoms with Gasteiger partial charge in [0.1, 0.15) is 12.2 Å². The molecule has 1 aliphatic heterocycles. The van der Waals surface area contributed by atoms with Crippen LogP contribution in [0.1, 0.15) is 85.4 Å². The summed E-state index contributed by atoms with van der Waals surface area (Å²) in [5.74, 6) is -1.20. The highest BCUT2D eigenvalue weighted by molar-refractivity contribution is 6.00. The van der Waals surface area contributed by atoms with Gasteiger partial charge in [-0.25, -0.2) is 0 Å². The van der Waals surface area contributed by atoms with Gasteiger partial charge in [0.15, 0.2) is 5.79 Å². The SMILES string of the molecule is CC(C)NC(=O)CO[C@H]1C[C@H]2Cc3c([nH]c4ccccc34)[C@]2(C)C2(C)CCC3(OC(C)C)OC(C)/C(=N/CCCO)C=C3[C@]12O. The maximum absolute atomic E-state index is 13.7. The molecule has 4 N–H and O–H groups in total. The molecule has 4 aliphatic rings. The van der Waals surface area contributed by atoms with Gasteiger partial charge in [0.2, 0.25) is 5.91 Å². The first-order valence-corrected chi connectivity index (χ1v) is 16.8. The number of para-hydroxylation sites is 1. The van der Waals surface area contributed by atoms with Gasteiger partial charge in [-0.3, -0.25) is 9.79 Å². The van der Waals surface area contributed by atoms with Crippen molar-refractivity contribution in [2.75, 3.05) is 19.8 Å². The molecule has 7 atom stereocenters. The highest BCUT2D eigenvalue weighted by Gasteiger charge is 2.76. The number of benzene rings is 1. The van der Waals surface area contributed by atoms with Crippen LogP contribution in [0.4, 0.5) is 0 Å². The standard InChI is InChI=1S/C36H51N3O6/c1-21(2)38-31(41)20-43-30-18-24-17-26-25-11-8-9-12-27(25)39-32(26)34(24,7)33(6)13-14-35(44-22(3)4)29(36(30,33)42)19-28(23(5)45-35)37-15-10-16-40/h8-9,11-12,19,21-24,30,39-40,42H,10,13-18,20H2,1-7H3,(H,38,41)/b37-28+/t23?,24-,30+,33?,34-,35?,36+/m1/s1. The number of H-pyrrole nitrogens is 1. The van der Waals surface area contributed by atoms with Gasteiger partial charge in [0.05, 0.1) is 24.0 Å². The number of carbonyl (C=O) groups excluding carboxylic acids is 1. The Bertz CT molecular complexity index is 1510. The van der Waals surface area contributed by atoms with Gasteiger partial charge in [0.25, 0.3) is 0 Å².